The maximum absolute atomic E-state index is 13.3. The number of amides is 1. The van der Waals surface area contributed by atoms with Crippen LogP contribution in [-0.2, 0) is 4.79 Å². The third kappa shape index (κ3) is 4.99. The van der Waals surface area contributed by atoms with Gasteiger partial charge in [-0.05, 0) is 69.9 Å². The van der Waals surface area contributed by atoms with E-state index in [2.05, 4.69) is 35.1 Å². The van der Waals surface area contributed by atoms with Crippen LogP contribution in [-0.4, -0.2) is 25.4 Å². The van der Waals surface area contributed by atoms with Gasteiger partial charge in [0, 0.05) is 10.9 Å². The Kier molecular flexibility index (Phi) is 7.03. The van der Waals surface area contributed by atoms with E-state index < -0.39 is 5.91 Å². The number of anilines is 1. The van der Waals surface area contributed by atoms with E-state index >= 15 is 0 Å². The predicted octanol–water partition coefficient (Wildman–Crippen LogP) is 6.58. The number of fused-ring (bicyclic) bond motifs is 1. The summed E-state index contributed by atoms with van der Waals surface area (Å²) >= 11 is 3.40. The summed E-state index contributed by atoms with van der Waals surface area (Å²) < 4.78 is 17.4. The Bertz CT molecular complexity index is 1340. The van der Waals surface area contributed by atoms with Crippen LogP contribution < -0.4 is 14.8 Å². The summed E-state index contributed by atoms with van der Waals surface area (Å²) in [5.74, 6) is 0.899. The number of hydrogen-bond acceptors (Lipinski definition) is 5. The molecule has 6 nitrogen and oxygen atoms in total. The van der Waals surface area contributed by atoms with E-state index in [1.54, 1.807) is 43.5 Å². The number of halogens is 1. The number of para-hydroxylation sites is 1. The van der Waals surface area contributed by atoms with Gasteiger partial charge in [-0.3, -0.25) is 9.59 Å². The second-order valence-corrected chi connectivity index (χ2v) is 8.90. The Morgan fingerprint density at radius 2 is 1.76 bits per heavy atom. The number of rotatable bonds is 8. The molecule has 1 heterocycles. The SMILES string of the molecule is COc1ccc(C(=O)c2oc3ccccc3c2NC(=O)COc2ccc(C(C)C)cc2)cc1Br. The maximum Gasteiger partial charge on any atom is 0.262 e. The zero-order chi connectivity index (χ0) is 24.2. The number of nitrogens with one attached hydrogen (secondary N) is 1. The number of furan rings is 1. The number of carbonyl (C=O) groups excluding carboxylic acids is 2. The standard InChI is InChI=1S/C27H24BrNO5/c1-16(2)17-8-11-19(12-9-17)33-15-24(30)29-25-20-6-4-5-7-22(20)34-27(25)26(31)18-10-13-23(32-3)21(28)14-18/h4-14,16H,15H2,1-3H3,(H,29,30). The average Bonchev–Trinajstić information content (AvgIpc) is 3.20. The molecule has 1 aromatic heterocycles. The van der Waals surface area contributed by atoms with E-state index in [0.29, 0.717) is 44.1 Å². The molecule has 0 aliphatic rings. The lowest BCUT2D eigenvalue weighted by molar-refractivity contribution is -0.118. The van der Waals surface area contributed by atoms with Gasteiger partial charge in [-0.2, -0.15) is 0 Å². The van der Waals surface area contributed by atoms with Crippen LogP contribution in [0.2, 0.25) is 0 Å². The first-order valence-electron chi connectivity index (χ1n) is 10.8. The lowest BCUT2D eigenvalue weighted by Gasteiger charge is -2.10. The minimum absolute atomic E-state index is 0.0490. The Labute approximate surface area is 206 Å². The average molecular weight is 522 g/mol. The summed E-state index contributed by atoms with van der Waals surface area (Å²) in [6.07, 6.45) is 0. The van der Waals surface area contributed by atoms with Gasteiger partial charge in [-0.1, -0.05) is 38.1 Å². The molecule has 7 heteroatoms. The van der Waals surface area contributed by atoms with Crippen molar-refractivity contribution in [1.82, 2.24) is 0 Å². The molecular formula is C27H24BrNO5. The van der Waals surface area contributed by atoms with Gasteiger partial charge in [0.15, 0.2) is 12.4 Å². The van der Waals surface area contributed by atoms with E-state index in [4.69, 9.17) is 13.9 Å². The number of benzene rings is 3. The van der Waals surface area contributed by atoms with Gasteiger partial charge in [0.25, 0.3) is 5.91 Å². The third-order valence-electron chi connectivity index (χ3n) is 5.40. The Morgan fingerprint density at radius 3 is 2.44 bits per heavy atom. The first-order chi connectivity index (χ1) is 16.4. The van der Waals surface area contributed by atoms with Crippen molar-refractivity contribution in [3.63, 3.8) is 0 Å². The molecule has 0 atom stereocenters. The summed E-state index contributed by atoms with van der Waals surface area (Å²) in [5.41, 5.74) is 2.40. The summed E-state index contributed by atoms with van der Waals surface area (Å²) in [5, 5.41) is 3.44. The number of ketones is 1. The Balaban J connectivity index is 1.57. The highest BCUT2D eigenvalue weighted by Gasteiger charge is 2.24. The smallest absolute Gasteiger partial charge is 0.262 e. The quantitative estimate of drug-likeness (QED) is 0.265. The molecular weight excluding hydrogens is 498 g/mol. The summed E-state index contributed by atoms with van der Waals surface area (Å²) in [6.45, 7) is 4.02. The summed E-state index contributed by atoms with van der Waals surface area (Å²) in [4.78, 5) is 26.0. The molecule has 0 aliphatic carbocycles. The van der Waals surface area contributed by atoms with Crippen LogP contribution in [0.4, 0.5) is 5.69 Å². The van der Waals surface area contributed by atoms with Crippen LogP contribution >= 0.6 is 15.9 Å². The number of carbonyl (C=O) groups is 2. The van der Waals surface area contributed by atoms with Crippen molar-refractivity contribution in [3.05, 3.63) is 88.1 Å². The van der Waals surface area contributed by atoms with Crippen LogP contribution in [0.1, 0.15) is 41.4 Å². The number of ether oxygens (including phenoxy) is 2. The van der Waals surface area contributed by atoms with E-state index in [9.17, 15) is 9.59 Å². The molecule has 1 N–H and O–H groups in total. The fourth-order valence-corrected chi connectivity index (χ4v) is 4.08. The topological polar surface area (TPSA) is 77.8 Å². The van der Waals surface area contributed by atoms with Crippen LogP contribution in [0.5, 0.6) is 11.5 Å². The molecule has 0 aliphatic heterocycles. The lowest BCUT2D eigenvalue weighted by Crippen LogP contribution is -2.21. The highest BCUT2D eigenvalue weighted by Crippen LogP contribution is 2.34. The summed E-state index contributed by atoms with van der Waals surface area (Å²) in [6, 6.07) is 19.8. The highest BCUT2D eigenvalue weighted by molar-refractivity contribution is 9.10. The molecule has 0 bridgehead atoms. The Morgan fingerprint density at radius 1 is 1.03 bits per heavy atom. The second kappa shape index (κ2) is 10.1. The zero-order valence-corrected chi connectivity index (χ0v) is 20.6. The van der Waals surface area contributed by atoms with Crippen molar-refractivity contribution in [2.75, 3.05) is 19.0 Å². The zero-order valence-electron chi connectivity index (χ0n) is 19.1. The lowest BCUT2D eigenvalue weighted by atomic mass is 10.0. The molecule has 4 rings (SSSR count). The Hall–Kier alpha value is -3.58. The molecule has 0 spiro atoms. The van der Waals surface area contributed by atoms with Crippen molar-refractivity contribution < 1.29 is 23.5 Å². The predicted molar refractivity (Wildman–Crippen MR) is 135 cm³/mol. The number of methoxy groups -OCH3 is 1. The first kappa shape index (κ1) is 23.6. The summed E-state index contributed by atoms with van der Waals surface area (Å²) in [7, 11) is 1.55. The van der Waals surface area contributed by atoms with Crippen molar-refractivity contribution >= 4 is 44.3 Å². The monoisotopic (exact) mass is 521 g/mol. The van der Waals surface area contributed by atoms with Crippen LogP contribution in [0.15, 0.2) is 75.6 Å². The molecule has 0 unspecified atom stereocenters. The molecule has 1 amide bonds. The van der Waals surface area contributed by atoms with E-state index in [1.807, 2.05) is 30.3 Å². The molecule has 174 valence electrons. The van der Waals surface area contributed by atoms with Crippen molar-refractivity contribution in [1.29, 1.82) is 0 Å². The minimum atomic E-state index is -0.399. The molecule has 34 heavy (non-hydrogen) atoms. The second-order valence-electron chi connectivity index (χ2n) is 8.04. The third-order valence-corrected chi connectivity index (χ3v) is 6.02. The van der Waals surface area contributed by atoms with Gasteiger partial charge in [-0.15, -0.1) is 0 Å². The highest BCUT2D eigenvalue weighted by atomic mass is 79.9. The molecule has 4 aromatic rings. The molecule has 0 saturated heterocycles. The molecule has 3 aromatic carbocycles. The maximum atomic E-state index is 13.3. The molecule has 0 saturated carbocycles. The van der Waals surface area contributed by atoms with Crippen LogP contribution in [0.3, 0.4) is 0 Å². The van der Waals surface area contributed by atoms with E-state index in [1.165, 1.54) is 5.56 Å². The molecule has 0 radical (unpaired) electrons. The first-order valence-corrected chi connectivity index (χ1v) is 11.6. The van der Waals surface area contributed by atoms with Gasteiger partial charge < -0.3 is 19.2 Å². The van der Waals surface area contributed by atoms with E-state index in [-0.39, 0.29) is 18.2 Å². The van der Waals surface area contributed by atoms with E-state index in [0.717, 1.165) is 0 Å². The van der Waals surface area contributed by atoms with Gasteiger partial charge in [0.05, 0.1) is 17.3 Å². The molecule has 0 fully saturated rings. The fraction of sp³-hybridized carbons (Fsp3) is 0.185. The largest absolute Gasteiger partial charge is 0.496 e. The fourth-order valence-electron chi connectivity index (χ4n) is 3.54. The van der Waals surface area contributed by atoms with Gasteiger partial charge in [-0.25, -0.2) is 0 Å². The van der Waals surface area contributed by atoms with Crippen molar-refractivity contribution in [2.24, 2.45) is 0 Å². The van der Waals surface area contributed by atoms with Crippen LogP contribution in [0.25, 0.3) is 11.0 Å². The van der Waals surface area contributed by atoms with Crippen LogP contribution in [0, 0.1) is 0 Å². The van der Waals surface area contributed by atoms with Gasteiger partial charge in [0.1, 0.15) is 17.1 Å². The minimum Gasteiger partial charge on any atom is -0.496 e. The van der Waals surface area contributed by atoms with Gasteiger partial charge >= 0.3 is 0 Å². The normalized spacial score (nSPS) is 11.0. The van der Waals surface area contributed by atoms with Crippen molar-refractivity contribution in [2.45, 2.75) is 19.8 Å². The van der Waals surface area contributed by atoms with Crippen molar-refractivity contribution in [3.8, 4) is 11.5 Å². The number of hydrogen-bond donors (Lipinski definition) is 1. The van der Waals surface area contributed by atoms with Gasteiger partial charge in [0.2, 0.25) is 5.78 Å².